The SMILES string of the molecule is COc1cc(C(=O)OCCSc2ccc(Cl)cc2)c([N+](=O)[O-])cc1OC. The molecule has 0 aliphatic heterocycles. The number of nitro groups is 1. The number of rotatable bonds is 8. The fourth-order valence-electron chi connectivity index (χ4n) is 2.09. The minimum absolute atomic E-state index is 0.0949. The Bertz CT molecular complexity index is 797. The predicted molar refractivity (Wildman–Crippen MR) is 98.7 cm³/mol. The molecule has 0 radical (unpaired) electrons. The highest BCUT2D eigenvalue weighted by molar-refractivity contribution is 7.99. The molecule has 0 atom stereocenters. The molecule has 0 N–H and O–H groups in total. The Morgan fingerprint density at radius 1 is 1.15 bits per heavy atom. The highest BCUT2D eigenvalue weighted by atomic mass is 35.5. The number of hydrogen-bond acceptors (Lipinski definition) is 7. The quantitative estimate of drug-likeness (QED) is 0.217. The van der Waals surface area contributed by atoms with Crippen molar-refractivity contribution in [2.24, 2.45) is 0 Å². The second-order valence-corrected chi connectivity index (χ2v) is 6.52. The first kappa shape index (κ1) is 19.9. The maximum absolute atomic E-state index is 12.2. The Balaban J connectivity index is 2.03. The van der Waals surface area contributed by atoms with Gasteiger partial charge in [0.25, 0.3) is 5.69 Å². The Morgan fingerprint density at radius 3 is 2.35 bits per heavy atom. The molecule has 0 aromatic heterocycles. The monoisotopic (exact) mass is 397 g/mol. The van der Waals surface area contributed by atoms with E-state index >= 15 is 0 Å². The van der Waals surface area contributed by atoms with Crippen LogP contribution in [0.2, 0.25) is 5.02 Å². The van der Waals surface area contributed by atoms with E-state index in [1.807, 2.05) is 12.1 Å². The van der Waals surface area contributed by atoms with Gasteiger partial charge in [0.15, 0.2) is 11.5 Å². The fourth-order valence-corrected chi connectivity index (χ4v) is 2.94. The lowest BCUT2D eigenvalue weighted by molar-refractivity contribution is -0.385. The van der Waals surface area contributed by atoms with Crippen molar-refractivity contribution in [3.63, 3.8) is 0 Å². The van der Waals surface area contributed by atoms with E-state index in [2.05, 4.69) is 0 Å². The van der Waals surface area contributed by atoms with Gasteiger partial charge in [0.2, 0.25) is 0 Å². The summed E-state index contributed by atoms with van der Waals surface area (Å²) in [4.78, 5) is 23.8. The second kappa shape index (κ2) is 9.30. The van der Waals surface area contributed by atoms with Crippen LogP contribution in [0.3, 0.4) is 0 Å². The van der Waals surface area contributed by atoms with Crippen LogP contribution >= 0.6 is 23.4 Å². The summed E-state index contributed by atoms with van der Waals surface area (Å²) in [7, 11) is 2.73. The van der Waals surface area contributed by atoms with Crippen LogP contribution in [-0.4, -0.2) is 37.5 Å². The van der Waals surface area contributed by atoms with E-state index in [4.69, 9.17) is 25.8 Å². The van der Waals surface area contributed by atoms with E-state index in [1.54, 1.807) is 12.1 Å². The highest BCUT2D eigenvalue weighted by Gasteiger charge is 2.25. The van der Waals surface area contributed by atoms with Gasteiger partial charge in [0, 0.05) is 21.7 Å². The van der Waals surface area contributed by atoms with Crippen molar-refractivity contribution in [1.29, 1.82) is 0 Å². The molecule has 0 unspecified atom stereocenters. The van der Waals surface area contributed by atoms with Gasteiger partial charge in [-0.25, -0.2) is 4.79 Å². The number of esters is 1. The average Bonchev–Trinajstić information content (AvgIpc) is 2.65. The maximum Gasteiger partial charge on any atom is 0.345 e. The van der Waals surface area contributed by atoms with Gasteiger partial charge in [-0.15, -0.1) is 11.8 Å². The summed E-state index contributed by atoms with van der Waals surface area (Å²) in [5.74, 6) is 0.0676. The van der Waals surface area contributed by atoms with Crippen molar-refractivity contribution in [1.82, 2.24) is 0 Å². The molecule has 9 heteroatoms. The maximum atomic E-state index is 12.2. The van der Waals surface area contributed by atoms with Crippen LogP contribution < -0.4 is 9.47 Å². The number of benzene rings is 2. The van der Waals surface area contributed by atoms with Crippen LogP contribution in [0, 0.1) is 10.1 Å². The summed E-state index contributed by atoms with van der Waals surface area (Å²) in [6.45, 7) is 0.0949. The summed E-state index contributed by atoms with van der Waals surface area (Å²) in [5.41, 5.74) is -0.595. The van der Waals surface area contributed by atoms with Gasteiger partial charge in [-0.05, 0) is 24.3 Å². The molecule has 0 aliphatic rings. The second-order valence-electron chi connectivity index (χ2n) is 4.92. The Kier molecular flexibility index (Phi) is 7.11. The molecule has 0 saturated carbocycles. The number of nitrogens with zero attached hydrogens (tertiary/aromatic N) is 1. The molecule has 138 valence electrons. The minimum atomic E-state index is -0.797. The molecule has 0 fully saturated rings. The molecule has 2 aromatic rings. The molecule has 0 amide bonds. The zero-order chi connectivity index (χ0) is 19.1. The summed E-state index contributed by atoms with van der Waals surface area (Å²) >= 11 is 7.29. The van der Waals surface area contributed by atoms with Crippen LogP contribution in [-0.2, 0) is 4.74 Å². The van der Waals surface area contributed by atoms with E-state index in [9.17, 15) is 14.9 Å². The number of methoxy groups -OCH3 is 2. The third kappa shape index (κ3) is 5.03. The smallest absolute Gasteiger partial charge is 0.345 e. The predicted octanol–water partition coefficient (Wildman–Crippen LogP) is 4.21. The third-order valence-electron chi connectivity index (χ3n) is 3.32. The van der Waals surface area contributed by atoms with Gasteiger partial charge in [0.1, 0.15) is 12.2 Å². The molecule has 0 aliphatic carbocycles. The molecular weight excluding hydrogens is 382 g/mol. The third-order valence-corrected chi connectivity index (χ3v) is 4.55. The number of nitro benzene ring substituents is 1. The van der Waals surface area contributed by atoms with Crippen molar-refractivity contribution >= 4 is 35.0 Å². The van der Waals surface area contributed by atoms with Gasteiger partial charge >= 0.3 is 5.97 Å². The standard InChI is InChI=1S/C17H16ClNO6S/c1-23-15-9-13(14(19(21)22)10-16(15)24-2)17(20)25-7-8-26-12-5-3-11(18)4-6-12/h3-6,9-10H,7-8H2,1-2H3. The summed E-state index contributed by atoms with van der Waals surface area (Å²) in [5, 5.41) is 11.9. The molecule has 0 spiro atoms. The van der Waals surface area contributed by atoms with E-state index in [0.29, 0.717) is 10.8 Å². The van der Waals surface area contributed by atoms with Crippen molar-refractivity contribution in [2.75, 3.05) is 26.6 Å². The van der Waals surface area contributed by atoms with Crippen LogP contribution in [0.4, 0.5) is 5.69 Å². The van der Waals surface area contributed by atoms with Gasteiger partial charge in [0.05, 0.1) is 25.2 Å². The summed E-state index contributed by atoms with van der Waals surface area (Å²) in [6.07, 6.45) is 0. The van der Waals surface area contributed by atoms with Gasteiger partial charge in [-0.2, -0.15) is 0 Å². The number of halogens is 1. The van der Waals surface area contributed by atoms with Crippen LogP contribution in [0.15, 0.2) is 41.3 Å². The number of carbonyl (C=O) groups is 1. The molecule has 0 bridgehead atoms. The first-order valence-electron chi connectivity index (χ1n) is 7.42. The minimum Gasteiger partial charge on any atom is -0.493 e. The van der Waals surface area contributed by atoms with Crippen molar-refractivity contribution in [3.8, 4) is 11.5 Å². The molecule has 0 saturated heterocycles. The van der Waals surface area contributed by atoms with Gasteiger partial charge < -0.3 is 14.2 Å². The highest BCUT2D eigenvalue weighted by Crippen LogP contribution is 2.34. The van der Waals surface area contributed by atoms with E-state index in [0.717, 1.165) is 11.0 Å². The Morgan fingerprint density at radius 2 is 1.77 bits per heavy atom. The Hall–Kier alpha value is -2.45. The zero-order valence-electron chi connectivity index (χ0n) is 14.1. The van der Waals surface area contributed by atoms with Crippen LogP contribution in [0.1, 0.15) is 10.4 Å². The summed E-state index contributed by atoms with van der Waals surface area (Å²) in [6, 6.07) is 9.62. The topological polar surface area (TPSA) is 87.9 Å². The molecule has 2 aromatic carbocycles. The van der Waals surface area contributed by atoms with Crippen molar-refractivity contribution in [2.45, 2.75) is 4.90 Å². The largest absolute Gasteiger partial charge is 0.493 e. The lowest BCUT2D eigenvalue weighted by Crippen LogP contribution is -2.11. The molecule has 2 rings (SSSR count). The average molecular weight is 398 g/mol. The van der Waals surface area contributed by atoms with E-state index < -0.39 is 16.6 Å². The van der Waals surface area contributed by atoms with Crippen molar-refractivity contribution in [3.05, 3.63) is 57.1 Å². The molecule has 7 nitrogen and oxygen atoms in total. The number of carbonyl (C=O) groups excluding carboxylic acids is 1. The molecule has 0 heterocycles. The Labute approximate surface area is 159 Å². The molecular formula is C17H16ClNO6S. The van der Waals surface area contributed by atoms with Gasteiger partial charge in [-0.3, -0.25) is 10.1 Å². The van der Waals surface area contributed by atoms with Crippen LogP contribution in [0.25, 0.3) is 0 Å². The normalized spacial score (nSPS) is 10.3. The number of thioether (sulfide) groups is 1. The van der Waals surface area contributed by atoms with Crippen LogP contribution in [0.5, 0.6) is 11.5 Å². The lowest BCUT2D eigenvalue weighted by Gasteiger charge is -2.10. The summed E-state index contributed by atoms with van der Waals surface area (Å²) < 4.78 is 15.3. The number of ether oxygens (including phenoxy) is 3. The zero-order valence-corrected chi connectivity index (χ0v) is 15.6. The van der Waals surface area contributed by atoms with Gasteiger partial charge in [-0.1, -0.05) is 11.6 Å². The fraction of sp³-hybridized carbons (Fsp3) is 0.235. The number of hydrogen-bond donors (Lipinski definition) is 0. The first-order chi connectivity index (χ1) is 12.5. The molecule has 26 heavy (non-hydrogen) atoms. The van der Waals surface area contributed by atoms with Crippen molar-refractivity contribution < 1.29 is 23.9 Å². The first-order valence-corrected chi connectivity index (χ1v) is 8.78. The lowest BCUT2D eigenvalue weighted by atomic mass is 10.1. The van der Waals surface area contributed by atoms with E-state index in [-0.39, 0.29) is 23.7 Å². The van der Waals surface area contributed by atoms with E-state index in [1.165, 1.54) is 32.0 Å².